The Morgan fingerprint density at radius 3 is 2.69 bits per heavy atom. The molecule has 16 heavy (non-hydrogen) atoms. The Labute approximate surface area is 99.3 Å². The van der Waals surface area contributed by atoms with Gasteiger partial charge in [-0.25, -0.2) is 4.98 Å². The van der Waals surface area contributed by atoms with Gasteiger partial charge >= 0.3 is 0 Å². The van der Waals surface area contributed by atoms with Crippen LogP contribution in [0.25, 0.3) is 0 Å². The van der Waals surface area contributed by atoms with E-state index < -0.39 is 6.10 Å². The fourth-order valence-electron chi connectivity index (χ4n) is 1.54. The summed E-state index contributed by atoms with van der Waals surface area (Å²) in [5.74, 6) is 0. The van der Waals surface area contributed by atoms with Crippen LogP contribution in [0.1, 0.15) is 18.1 Å². The summed E-state index contributed by atoms with van der Waals surface area (Å²) in [6.45, 7) is 0.754. The standard InChI is InChI=1S/C12H13ClN2O/c13-11-3-1-10(2-4-11)12(16)5-7-15-8-6-14-9-15/h1-4,6,8-9,12,16H,5,7H2. The van der Waals surface area contributed by atoms with Crippen molar-refractivity contribution in [2.24, 2.45) is 0 Å². The van der Waals surface area contributed by atoms with Gasteiger partial charge in [0.05, 0.1) is 12.4 Å². The lowest BCUT2D eigenvalue weighted by Crippen LogP contribution is -2.03. The number of rotatable bonds is 4. The molecule has 0 aliphatic heterocycles. The van der Waals surface area contributed by atoms with Crippen LogP contribution in [0.15, 0.2) is 43.0 Å². The van der Waals surface area contributed by atoms with E-state index in [-0.39, 0.29) is 0 Å². The summed E-state index contributed by atoms with van der Waals surface area (Å²) >= 11 is 5.78. The van der Waals surface area contributed by atoms with Crippen molar-refractivity contribution in [2.45, 2.75) is 19.1 Å². The van der Waals surface area contributed by atoms with Crippen molar-refractivity contribution in [3.63, 3.8) is 0 Å². The van der Waals surface area contributed by atoms with Crippen molar-refractivity contribution in [1.29, 1.82) is 0 Å². The van der Waals surface area contributed by atoms with E-state index in [0.717, 1.165) is 12.1 Å². The van der Waals surface area contributed by atoms with E-state index in [1.165, 1.54) is 0 Å². The second-order valence-corrected chi connectivity index (χ2v) is 4.09. The molecule has 0 aliphatic rings. The van der Waals surface area contributed by atoms with Gasteiger partial charge in [-0.15, -0.1) is 0 Å². The first kappa shape index (κ1) is 11.2. The van der Waals surface area contributed by atoms with Gasteiger partial charge in [0.25, 0.3) is 0 Å². The minimum absolute atomic E-state index is 0.459. The van der Waals surface area contributed by atoms with E-state index >= 15 is 0 Å². The van der Waals surface area contributed by atoms with Crippen LogP contribution < -0.4 is 0 Å². The fourth-order valence-corrected chi connectivity index (χ4v) is 1.67. The van der Waals surface area contributed by atoms with Crippen LogP contribution in [-0.2, 0) is 6.54 Å². The molecule has 0 fully saturated rings. The summed E-state index contributed by atoms with van der Waals surface area (Å²) < 4.78 is 1.94. The van der Waals surface area contributed by atoms with Crippen molar-refractivity contribution >= 4 is 11.6 Å². The van der Waals surface area contributed by atoms with Gasteiger partial charge in [-0.3, -0.25) is 0 Å². The van der Waals surface area contributed by atoms with Crippen molar-refractivity contribution in [1.82, 2.24) is 9.55 Å². The Morgan fingerprint density at radius 2 is 2.06 bits per heavy atom. The second-order valence-electron chi connectivity index (χ2n) is 3.66. The second kappa shape index (κ2) is 5.14. The molecule has 0 spiro atoms. The molecular weight excluding hydrogens is 224 g/mol. The van der Waals surface area contributed by atoms with Crippen molar-refractivity contribution in [2.75, 3.05) is 0 Å². The highest BCUT2D eigenvalue weighted by atomic mass is 35.5. The minimum atomic E-state index is -0.459. The van der Waals surface area contributed by atoms with Crippen LogP contribution in [0.3, 0.4) is 0 Å². The number of imidazole rings is 1. The first-order valence-electron chi connectivity index (χ1n) is 5.15. The molecule has 0 saturated heterocycles. The van der Waals surface area contributed by atoms with Crippen molar-refractivity contribution in [3.05, 3.63) is 53.6 Å². The average molecular weight is 237 g/mol. The molecule has 1 atom stereocenters. The van der Waals surface area contributed by atoms with Crippen LogP contribution in [-0.4, -0.2) is 14.7 Å². The highest BCUT2D eigenvalue weighted by Gasteiger charge is 2.06. The molecule has 2 aromatic rings. The number of aryl methyl sites for hydroxylation is 1. The predicted molar refractivity (Wildman–Crippen MR) is 63.3 cm³/mol. The lowest BCUT2D eigenvalue weighted by Gasteiger charge is -2.11. The molecule has 1 aromatic carbocycles. The van der Waals surface area contributed by atoms with Gasteiger partial charge < -0.3 is 9.67 Å². The maximum Gasteiger partial charge on any atom is 0.0945 e. The molecule has 0 bridgehead atoms. The molecule has 1 N–H and O–H groups in total. The monoisotopic (exact) mass is 236 g/mol. The summed E-state index contributed by atoms with van der Waals surface area (Å²) in [7, 11) is 0. The van der Waals surface area contributed by atoms with Gasteiger partial charge in [-0.1, -0.05) is 23.7 Å². The van der Waals surface area contributed by atoms with Crippen LogP contribution in [0.4, 0.5) is 0 Å². The van der Waals surface area contributed by atoms with Crippen LogP contribution in [0.5, 0.6) is 0 Å². The molecule has 84 valence electrons. The number of hydrogen-bond acceptors (Lipinski definition) is 2. The highest BCUT2D eigenvalue weighted by molar-refractivity contribution is 6.30. The minimum Gasteiger partial charge on any atom is -0.388 e. The van der Waals surface area contributed by atoms with Crippen LogP contribution in [0.2, 0.25) is 5.02 Å². The molecule has 4 heteroatoms. The zero-order valence-corrected chi connectivity index (χ0v) is 9.51. The fraction of sp³-hybridized carbons (Fsp3) is 0.250. The summed E-state index contributed by atoms with van der Waals surface area (Å²) in [5, 5.41) is 10.6. The molecule has 2 rings (SSSR count). The number of aliphatic hydroxyl groups excluding tert-OH is 1. The number of aliphatic hydroxyl groups is 1. The van der Waals surface area contributed by atoms with E-state index in [4.69, 9.17) is 11.6 Å². The molecule has 3 nitrogen and oxygen atoms in total. The Morgan fingerprint density at radius 1 is 1.31 bits per heavy atom. The van der Waals surface area contributed by atoms with E-state index in [1.807, 2.05) is 22.9 Å². The Balaban J connectivity index is 1.93. The number of nitrogens with zero attached hydrogens (tertiary/aromatic N) is 2. The van der Waals surface area contributed by atoms with E-state index in [0.29, 0.717) is 11.4 Å². The number of benzene rings is 1. The predicted octanol–water partition coefficient (Wildman–Crippen LogP) is 2.66. The molecule has 1 heterocycles. The smallest absolute Gasteiger partial charge is 0.0945 e. The first-order valence-corrected chi connectivity index (χ1v) is 5.53. The van der Waals surface area contributed by atoms with Gasteiger partial charge in [-0.2, -0.15) is 0 Å². The quantitative estimate of drug-likeness (QED) is 0.886. The Kier molecular flexibility index (Phi) is 3.59. The third-order valence-electron chi connectivity index (χ3n) is 2.47. The van der Waals surface area contributed by atoms with Gasteiger partial charge in [0.2, 0.25) is 0 Å². The summed E-state index contributed by atoms with van der Waals surface area (Å²) in [4.78, 5) is 3.95. The molecule has 0 radical (unpaired) electrons. The molecule has 0 aliphatic carbocycles. The zero-order chi connectivity index (χ0) is 11.4. The van der Waals surface area contributed by atoms with Crippen molar-refractivity contribution < 1.29 is 5.11 Å². The van der Waals surface area contributed by atoms with Gasteiger partial charge in [0, 0.05) is 24.0 Å². The molecule has 0 amide bonds. The highest BCUT2D eigenvalue weighted by Crippen LogP contribution is 2.19. The Hall–Kier alpha value is -1.32. The lowest BCUT2D eigenvalue weighted by atomic mass is 10.1. The topological polar surface area (TPSA) is 38.0 Å². The molecule has 1 unspecified atom stereocenters. The maximum atomic E-state index is 9.93. The van der Waals surface area contributed by atoms with Gasteiger partial charge in [0.1, 0.15) is 0 Å². The number of aromatic nitrogens is 2. The molecular formula is C12H13ClN2O. The number of hydrogen-bond donors (Lipinski definition) is 1. The van der Waals surface area contributed by atoms with Gasteiger partial charge in [-0.05, 0) is 24.1 Å². The van der Waals surface area contributed by atoms with E-state index in [1.54, 1.807) is 24.7 Å². The molecule has 0 saturated carbocycles. The normalized spacial score (nSPS) is 12.6. The third-order valence-corrected chi connectivity index (χ3v) is 2.73. The largest absolute Gasteiger partial charge is 0.388 e. The van der Waals surface area contributed by atoms with Crippen LogP contribution >= 0.6 is 11.6 Å². The first-order chi connectivity index (χ1) is 7.75. The zero-order valence-electron chi connectivity index (χ0n) is 8.75. The van der Waals surface area contributed by atoms with Gasteiger partial charge in [0.15, 0.2) is 0 Å². The summed E-state index contributed by atoms with van der Waals surface area (Å²) in [6.07, 6.45) is 5.56. The van der Waals surface area contributed by atoms with E-state index in [2.05, 4.69) is 4.98 Å². The Bertz CT molecular complexity index is 425. The lowest BCUT2D eigenvalue weighted by molar-refractivity contribution is 0.161. The maximum absolute atomic E-state index is 9.93. The van der Waals surface area contributed by atoms with E-state index in [9.17, 15) is 5.11 Å². The van der Waals surface area contributed by atoms with Crippen molar-refractivity contribution in [3.8, 4) is 0 Å². The molecule has 1 aromatic heterocycles. The SMILES string of the molecule is OC(CCn1ccnc1)c1ccc(Cl)cc1. The van der Waals surface area contributed by atoms with Crippen LogP contribution in [0, 0.1) is 0 Å². The average Bonchev–Trinajstić information content (AvgIpc) is 2.80. The number of halogens is 1. The third kappa shape index (κ3) is 2.84. The summed E-state index contributed by atoms with van der Waals surface area (Å²) in [5.41, 5.74) is 0.893. The summed E-state index contributed by atoms with van der Waals surface area (Å²) in [6, 6.07) is 7.27.